The number of rotatable bonds is 6. The Morgan fingerprint density at radius 2 is 1.50 bits per heavy atom. The number of ether oxygens (including phenoxy) is 1. The molecule has 0 saturated heterocycles. The molecule has 0 aliphatic rings. The summed E-state index contributed by atoms with van der Waals surface area (Å²) in [6.07, 6.45) is -2.24. The zero-order valence-electron chi connectivity index (χ0n) is 13.4. The number of amides is 1. The highest BCUT2D eigenvalue weighted by Gasteiger charge is 2.30. The highest BCUT2D eigenvalue weighted by molar-refractivity contribution is 6.30. The van der Waals surface area contributed by atoms with Crippen LogP contribution in [0.1, 0.15) is 25.5 Å². The van der Waals surface area contributed by atoms with Gasteiger partial charge in [-0.25, -0.2) is 0 Å². The molecule has 6 heteroatoms. The first-order valence-electron chi connectivity index (χ1n) is 7.53. The van der Waals surface area contributed by atoms with Gasteiger partial charge in [-0.2, -0.15) is 0 Å². The summed E-state index contributed by atoms with van der Waals surface area (Å²) in [5.74, 6) is -0.00494. The van der Waals surface area contributed by atoms with E-state index in [-0.39, 0.29) is 6.04 Å². The van der Waals surface area contributed by atoms with Crippen LogP contribution in [-0.4, -0.2) is 23.2 Å². The predicted molar refractivity (Wildman–Crippen MR) is 95.6 cm³/mol. The van der Waals surface area contributed by atoms with Crippen molar-refractivity contribution in [2.24, 2.45) is 0 Å². The molecule has 24 heavy (non-hydrogen) atoms. The highest BCUT2D eigenvalue weighted by Crippen LogP contribution is 2.27. The van der Waals surface area contributed by atoms with Crippen molar-refractivity contribution < 1.29 is 14.6 Å². The van der Waals surface area contributed by atoms with Crippen LogP contribution in [0.3, 0.4) is 0 Å². The zero-order chi connectivity index (χ0) is 17.7. The van der Waals surface area contributed by atoms with Gasteiger partial charge in [0.2, 0.25) is 0 Å². The summed E-state index contributed by atoms with van der Waals surface area (Å²) in [6, 6.07) is 13.4. The molecule has 0 aliphatic heterocycles. The summed E-state index contributed by atoms with van der Waals surface area (Å²) >= 11 is 11.8. The van der Waals surface area contributed by atoms with Crippen molar-refractivity contribution in [3.8, 4) is 5.75 Å². The van der Waals surface area contributed by atoms with E-state index in [9.17, 15) is 9.90 Å². The van der Waals surface area contributed by atoms with Crippen LogP contribution in [0.4, 0.5) is 0 Å². The Kier molecular flexibility index (Phi) is 6.49. The highest BCUT2D eigenvalue weighted by atomic mass is 35.5. The van der Waals surface area contributed by atoms with E-state index < -0.39 is 18.1 Å². The van der Waals surface area contributed by atoms with E-state index in [1.54, 1.807) is 48.5 Å². The van der Waals surface area contributed by atoms with E-state index in [0.717, 1.165) is 0 Å². The number of aliphatic hydroxyl groups excluding tert-OH is 1. The Hall–Kier alpha value is -1.75. The monoisotopic (exact) mass is 367 g/mol. The molecule has 2 N–H and O–H groups in total. The van der Waals surface area contributed by atoms with Gasteiger partial charge in [0.15, 0.2) is 12.2 Å². The quantitative estimate of drug-likeness (QED) is 0.810. The SMILES string of the molecule is CC(C)NC(=O)C(O)C(Oc1ccc(Cl)cc1)c1ccc(Cl)cc1. The summed E-state index contributed by atoms with van der Waals surface area (Å²) < 4.78 is 5.85. The molecule has 1 amide bonds. The first-order valence-corrected chi connectivity index (χ1v) is 8.28. The molecule has 0 spiro atoms. The van der Waals surface area contributed by atoms with E-state index in [0.29, 0.717) is 21.4 Å². The van der Waals surface area contributed by atoms with Crippen molar-refractivity contribution in [2.75, 3.05) is 0 Å². The van der Waals surface area contributed by atoms with Crippen molar-refractivity contribution in [3.05, 3.63) is 64.1 Å². The van der Waals surface area contributed by atoms with E-state index in [2.05, 4.69) is 5.32 Å². The number of nitrogens with one attached hydrogen (secondary N) is 1. The molecule has 2 rings (SSSR count). The van der Waals surface area contributed by atoms with Crippen LogP contribution in [0.2, 0.25) is 10.0 Å². The topological polar surface area (TPSA) is 58.6 Å². The van der Waals surface area contributed by atoms with Crippen LogP contribution in [-0.2, 0) is 4.79 Å². The second-order valence-electron chi connectivity index (χ2n) is 5.65. The Labute approximate surface area is 151 Å². The Bertz CT molecular complexity index is 672. The normalized spacial score (nSPS) is 13.4. The largest absolute Gasteiger partial charge is 0.482 e. The van der Waals surface area contributed by atoms with E-state index >= 15 is 0 Å². The van der Waals surface area contributed by atoms with Crippen LogP contribution in [0.5, 0.6) is 5.75 Å². The fraction of sp³-hybridized carbons (Fsp3) is 0.278. The summed E-state index contributed by atoms with van der Waals surface area (Å²) in [5.41, 5.74) is 0.640. The fourth-order valence-electron chi connectivity index (χ4n) is 2.13. The number of carbonyl (C=O) groups excluding carboxylic acids is 1. The molecule has 0 fully saturated rings. The van der Waals surface area contributed by atoms with Gasteiger partial charge in [0.1, 0.15) is 5.75 Å². The first kappa shape index (κ1) is 18.6. The lowest BCUT2D eigenvalue weighted by atomic mass is 10.0. The van der Waals surface area contributed by atoms with Crippen molar-refractivity contribution in [1.82, 2.24) is 5.32 Å². The molecule has 2 aromatic rings. The van der Waals surface area contributed by atoms with Crippen LogP contribution in [0, 0.1) is 0 Å². The molecular weight excluding hydrogens is 349 g/mol. The molecule has 4 nitrogen and oxygen atoms in total. The smallest absolute Gasteiger partial charge is 0.253 e. The average Bonchev–Trinajstić information content (AvgIpc) is 2.54. The van der Waals surface area contributed by atoms with Crippen molar-refractivity contribution in [2.45, 2.75) is 32.1 Å². The Balaban J connectivity index is 2.28. The summed E-state index contributed by atoms with van der Waals surface area (Å²) in [7, 11) is 0. The second-order valence-corrected chi connectivity index (χ2v) is 6.52. The van der Waals surface area contributed by atoms with Crippen molar-refractivity contribution >= 4 is 29.1 Å². The molecular formula is C18H19Cl2NO3. The lowest BCUT2D eigenvalue weighted by Gasteiger charge is -2.25. The molecule has 0 saturated carbocycles. The number of hydrogen-bond acceptors (Lipinski definition) is 3. The third-order valence-corrected chi connectivity index (χ3v) is 3.77. The molecule has 0 aliphatic carbocycles. The lowest BCUT2D eigenvalue weighted by molar-refractivity contribution is -0.134. The maximum Gasteiger partial charge on any atom is 0.253 e. The maximum absolute atomic E-state index is 12.2. The summed E-state index contributed by atoms with van der Waals surface area (Å²) in [5, 5.41) is 14.3. The lowest BCUT2D eigenvalue weighted by Crippen LogP contribution is -2.43. The van der Waals surface area contributed by atoms with Gasteiger partial charge in [0, 0.05) is 16.1 Å². The third-order valence-electron chi connectivity index (χ3n) is 3.26. The number of hydrogen-bond donors (Lipinski definition) is 2. The minimum Gasteiger partial charge on any atom is -0.482 e. The van der Waals surface area contributed by atoms with Gasteiger partial charge in [-0.1, -0.05) is 35.3 Å². The van der Waals surface area contributed by atoms with Gasteiger partial charge >= 0.3 is 0 Å². The predicted octanol–water partition coefficient (Wildman–Crippen LogP) is 4.00. The number of halogens is 2. The van der Waals surface area contributed by atoms with E-state index in [1.807, 2.05) is 13.8 Å². The Morgan fingerprint density at radius 1 is 1.00 bits per heavy atom. The minimum absolute atomic E-state index is 0.0893. The molecule has 0 radical (unpaired) electrons. The molecule has 2 unspecified atom stereocenters. The van der Waals surface area contributed by atoms with Crippen LogP contribution in [0.15, 0.2) is 48.5 Å². The van der Waals surface area contributed by atoms with Gasteiger partial charge in [0.05, 0.1) is 0 Å². The van der Waals surface area contributed by atoms with Gasteiger partial charge < -0.3 is 15.2 Å². The van der Waals surface area contributed by atoms with Gasteiger partial charge in [-0.15, -0.1) is 0 Å². The molecule has 0 heterocycles. The maximum atomic E-state index is 12.2. The molecule has 2 aromatic carbocycles. The number of benzene rings is 2. The molecule has 128 valence electrons. The van der Waals surface area contributed by atoms with Crippen LogP contribution >= 0.6 is 23.2 Å². The fourth-order valence-corrected chi connectivity index (χ4v) is 2.39. The average molecular weight is 368 g/mol. The first-order chi connectivity index (χ1) is 11.4. The molecule has 2 atom stereocenters. The molecule has 0 bridgehead atoms. The number of carbonyl (C=O) groups is 1. The minimum atomic E-state index is -1.37. The van der Waals surface area contributed by atoms with E-state index in [4.69, 9.17) is 27.9 Å². The van der Waals surface area contributed by atoms with Gasteiger partial charge in [-0.3, -0.25) is 4.79 Å². The number of aliphatic hydroxyl groups is 1. The van der Waals surface area contributed by atoms with Crippen molar-refractivity contribution in [1.29, 1.82) is 0 Å². The zero-order valence-corrected chi connectivity index (χ0v) is 14.9. The van der Waals surface area contributed by atoms with E-state index in [1.165, 1.54) is 0 Å². The van der Waals surface area contributed by atoms with Crippen LogP contribution < -0.4 is 10.1 Å². The summed E-state index contributed by atoms with van der Waals surface area (Å²) in [6.45, 7) is 3.64. The second kappa shape index (κ2) is 8.38. The van der Waals surface area contributed by atoms with Gasteiger partial charge in [-0.05, 0) is 55.8 Å². The standard InChI is InChI=1S/C18H19Cl2NO3/c1-11(2)21-18(23)16(22)17(12-3-5-13(19)6-4-12)24-15-9-7-14(20)8-10-15/h3-11,16-17,22H,1-2H3,(H,21,23). The third kappa shape index (κ3) is 5.13. The summed E-state index contributed by atoms with van der Waals surface area (Å²) in [4.78, 5) is 12.2. The van der Waals surface area contributed by atoms with Crippen molar-refractivity contribution in [3.63, 3.8) is 0 Å². The molecule has 0 aromatic heterocycles. The Morgan fingerprint density at radius 3 is 2.00 bits per heavy atom. The van der Waals surface area contributed by atoms with Crippen LogP contribution in [0.25, 0.3) is 0 Å². The van der Waals surface area contributed by atoms with Gasteiger partial charge in [0.25, 0.3) is 5.91 Å².